The number of esters is 3. The molecular weight excluding hydrogens is 997 g/mol. The lowest BCUT2D eigenvalue weighted by molar-refractivity contribution is -0.167. The summed E-state index contributed by atoms with van der Waals surface area (Å²) < 4.78 is 16.9. The largest absolute Gasteiger partial charge is 0.462 e. The van der Waals surface area contributed by atoms with Gasteiger partial charge < -0.3 is 14.2 Å². The molecule has 0 rings (SSSR count). The van der Waals surface area contributed by atoms with Crippen molar-refractivity contribution in [2.45, 2.75) is 399 Å². The third-order valence-electron chi connectivity index (χ3n) is 16.3. The van der Waals surface area contributed by atoms with Crippen LogP contribution < -0.4 is 0 Å². The molecule has 0 aromatic heterocycles. The van der Waals surface area contributed by atoms with Crippen LogP contribution in [0.5, 0.6) is 0 Å². The summed E-state index contributed by atoms with van der Waals surface area (Å²) in [6.45, 7) is 6.55. The highest BCUT2D eigenvalue weighted by molar-refractivity contribution is 5.71. The van der Waals surface area contributed by atoms with Crippen LogP contribution in [0.4, 0.5) is 0 Å². The Bertz CT molecular complexity index is 1400. The lowest BCUT2D eigenvalue weighted by atomic mass is 10.0. The normalized spacial score (nSPS) is 12.3. The molecule has 81 heavy (non-hydrogen) atoms. The van der Waals surface area contributed by atoms with Gasteiger partial charge in [0.05, 0.1) is 0 Å². The van der Waals surface area contributed by atoms with Crippen LogP contribution in [0.1, 0.15) is 393 Å². The van der Waals surface area contributed by atoms with Gasteiger partial charge in [-0.15, -0.1) is 0 Å². The minimum absolute atomic E-state index is 0.0794. The van der Waals surface area contributed by atoms with Crippen LogP contribution in [0.25, 0.3) is 0 Å². The first-order valence-corrected chi connectivity index (χ1v) is 36.1. The lowest BCUT2D eigenvalue weighted by Crippen LogP contribution is -2.30. The van der Waals surface area contributed by atoms with Gasteiger partial charge in [-0.1, -0.05) is 345 Å². The van der Waals surface area contributed by atoms with E-state index in [1.54, 1.807) is 0 Å². The summed E-state index contributed by atoms with van der Waals surface area (Å²) >= 11 is 0. The Morgan fingerprint density at radius 3 is 0.778 bits per heavy atom. The molecule has 0 aliphatic carbocycles. The fraction of sp³-hybridized carbons (Fsp3) is 0.853. The Kier molecular flexibility index (Phi) is 67.6. The second kappa shape index (κ2) is 69.9. The molecule has 0 spiro atoms. The van der Waals surface area contributed by atoms with Crippen LogP contribution >= 0.6 is 0 Å². The third kappa shape index (κ3) is 68.0. The van der Waals surface area contributed by atoms with Gasteiger partial charge in [0.2, 0.25) is 0 Å². The molecule has 0 aromatic carbocycles. The molecule has 1 atom stereocenters. The number of allylic oxidation sites excluding steroid dienone is 8. The maximum Gasteiger partial charge on any atom is 0.306 e. The van der Waals surface area contributed by atoms with Crippen LogP contribution in [0.2, 0.25) is 0 Å². The molecule has 0 radical (unpaired) electrons. The van der Waals surface area contributed by atoms with E-state index in [9.17, 15) is 14.4 Å². The average molecular weight is 1140 g/mol. The van der Waals surface area contributed by atoms with Crippen LogP contribution in [0.15, 0.2) is 48.6 Å². The van der Waals surface area contributed by atoms with E-state index in [1.165, 1.54) is 250 Å². The van der Waals surface area contributed by atoms with E-state index in [0.29, 0.717) is 19.3 Å². The smallest absolute Gasteiger partial charge is 0.306 e. The minimum Gasteiger partial charge on any atom is -0.462 e. The summed E-state index contributed by atoms with van der Waals surface area (Å²) in [6.07, 6.45) is 88.9. The van der Waals surface area contributed by atoms with E-state index in [0.717, 1.165) is 103 Å². The van der Waals surface area contributed by atoms with Crippen molar-refractivity contribution >= 4 is 17.9 Å². The first kappa shape index (κ1) is 78.4. The van der Waals surface area contributed by atoms with Crippen molar-refractivity contribution < 1.29 is 28.6 Å². The van der Waals surface area contributed by atoms with Crippen molar-refractivity contribution in [3.05, 3.63) is 48.6 Å². The molecule has 0 saturated heterocycles. The van der Waals surface area contributed by atoms with Crippen molar-refractivity contribution in [2.24, 2.45) is 0 Å². The van der Waals surface area contributed by atoms with Crippen molar-refractivity contribution in [3.8, 4) is 0 Å². The fourth-order valence-electron chi connectivity index (χ4n) is 10.9. The van der Waals surface area contributed by atoms with E-state index >= 15 is 0 Å². The number of hydrogen-bond acceptors (Lipinski definition) is 6. The van der Waals surface area contributed by atoms with Gasteiger partial charge in [-0.05, 0) is 77.0 Å². The van der Waals surface area contributed by atoms with Gasteiger partial charge in [-0.3, -0.25) is 14.4 Å². The SMILES string of the molecule is CC/C=C\C/C=C\C/C=C\CCCCCCCC(=O)OC(COC(=O)CCCCCCC/C=C\CCCCCC)COC(=O)CCCCCCCCCCCCCCCCCCCCCCCCCCCCCCCCCCCCC. The van der Waals surface area contributed by atoms with Crippen LogP contribution in [-0.4, -0.2) is 37.2 Å². The number of unbranched alkanes of at least 4 members (excludes halogenated alkanes) is 48. The molecular formula is C75H138O6. The standard InChI is InChI=1S/C75H138O6/c1-4-7-10-13-16-19-22-25-27-28-29-30-31-32-33-34-35-36-37-38-39-40-41-42-43-44-45-46-48-50-53-56-59-62-65-68-74(77)80-71-72(70-79-73(76)67-64-61-58-55-52-49-24-21-18-15-12-9-6-3)81-75(78)69-66-63-60-57-54-51-47-26-23-20-17-14-11-8-5-2/h8,11,17,20-21,24,26,47,72H,4-7,9-10,12-16,18-19,22-23,25,27-46,48-71H2,1-3H3/b11-8-,20-17-,24-21-,47-26-. The number of carbonyl (C=O) groups is 3. The van der Waals surface area contributed by atoms with E-state index < -0.39 is 6.10 Å². The summed E-state index contributed by atoms with van der Waals surface area (Å²) in [5.74, 6) is -0.885. The summed E-state index contributed by atoms with van der Waals surface area (Å²) in [5, 5.41) is 0. The van der Waals surface area contributed by atoms with Gasteiger partial charge in [0.1, 0.15) is 13.2 Å². The predicted molar refractivity (Wildman–Crippen MR) is 353 cm³/mol. The average Bonchev–Trinajstić information content (AvgIpc) is 3.46. The van der Waals surface area contributed by atoms with E-state index in [1.807, 2.05) is 0 Å². The maximum atomic E-state index is 12.9. The fourth-order valence-corrected chi connectivity index (χ4v) is 10.9. The molecule has 0 N–H and O–H groups in total. The van der Waals surface area contributed by atoms with Crippen LogP contribution in [0.3, 0.4) is 0 Å². The molecule has 0 aliphatic rings. The Morgan fingerprint density at radius 2 is 0.481 bits per heavy atom. The summed E-state index contributed by atoms with van der Waals surface area (Å²) in [7, 11) is 0. The number of carbonyl (C=O) groups excluding carboxylic acids is 3. The predicted octanol–water partition coefficient (Wildman–Crippen LogP) is 24.9. The highest BCUT2D eigenvalue weighted by Gasteiger charge is 2.19. The number of ether oxygens (including phenoxy) is 3. The lowest BCUT2D eigenvalue weighted by Gasteiger charge is -2.18. The Balaban J connectivity index is 4.04. The van der Waals surface area contributed by atoms with Crippen LogP contribution in [-0.2, 0) is 28.6 Å². The zero-order valence-corrected chi connectivity index (χ0v) is 54.6. The van der Waals surface area contributed by atoms with Gasteiger partial charge in [0.15, 0.2) is 6.10 Å². The highest BCUT2D eigenvalue weighted by atomic mass is 16.6. The van der Waals surface area contributed by atoms with Gasteiger partial charge in [0, 0.05) is 19.3 Å². The van der Waals surface area contributed by atoms with E-state index in [4.69, 9.17) is 14.2 Å². The zero-order chi connectivity index (χ0) is 58.5. The van der Waals surface area contributed by atoms with Gasteiger partial charge in [0.25, 0.3) is 0 Å². The maximum absolute atomic E-state index is 12.9. The third-order valence-corrected chi connectivity index (χ3v) is 16.3. The number of hydrogen-bond donors (Lipinski definition) is 0. The molecule has 6 nitrogen and oxygen atoms in total. The molecule has 0 saturated carbocycles. The van der Waals surface area contributed by atoms with E-state index in [-0.39, 0.29) is 31.1 Å². The van der Waals surface area contributed by atoms with Gasteiger partial charge >= 0.3 is 17.9 Å². The minimum atomic E-state index is -0.785. The monoisotopic (exact) mass is 1140 g/mol. The topological polar surface area (TPSA) is 78.9 Å². The second-order valence-corrected chi connectivity index (χ2v) is 24.5. The van der Waals surface area contributed by atoms with Crippen molar-refractivity contribution in [3.63, 3.8) is 0 Å². The van der Waals surface area contributed by atoms with Gasteiger partial charge in [-0.25, -0.2) is 0 Å². The molecule has 1 unspecified atom stereocenters. The second-order valence-electron chi connectivity index (χ2n) is 24.5. The molecule has 0 aromatic rings. The summed E-state index contributed by atoms with van der Waals surface area (Å²) in [5.41, 5.74) is 0. The first-order chi connectivity index (χ1) is 40.0. The molecule has 0 heterocycles. The molecule has 0 bridgehead atoms. The van der Waals surface area contributed by atoms with Crippen molar-refractivity contribution in [1.82, 2.24) is 0 Å². The van der Waals surface area contributed by atoms with Crippen LogP contribution in [0, 0.1) is 0 Å². The summed E-state index contributed by atoms with van der Waals surface area (Å²) in [6, 6.07) is 0. The Hall–Kier alpha value is -2.63. The molecule has 0 fully saturated rings. The van der Waals surface area contributed by atoms with Crippen molar-refractivity contribution in [2.75, 3.05) is 13.2 Å². The van der Waals surface area contributed by atoms with E-state index in [2.05, 4.69) is 69.4 Å². The summed E-state index contributed by atoms with van der Waals surface area (Å²) in [4.78, 5) is 38.3. The highest BCUT2D eigenvalue weighted by Crippen LogP contribution is 2.19. The molecule has 0 amide bonds. The molecule has 6 heteroatoms. The Labute approximate surface area is 505 Å². The van der Waals surface area contributed by atoms with Gasteiger partial charge in [-0.2, -0.15) is 0 Å². The zero-order valence-electron chi connectivity index (χ0n) is 54.6. The van der Waals surface area contributed by atoms with Crippen molar-refractivity contribution in [1.29, 1.82) is 0 Å². The first-order valence-electron chi connectivity index (χ1n) is 36.1. The quantitative estimate of drug-likeness (QED) is 0.0261. The Morgan fingerprint density at radius 1 is 0.259 bits per heavy atom. The number of rotatable bonds is 67. The molecule has 474 valence electrons. The molecule has 0 aliphatic heterocycles.